The first-order valence-corrected chi connectivity index (χ1v) is 12.6. The number of carbonyl (C=O) groups excluding carboxylic acids is 3. The Hall–Kier alpha value is -3.71. The van der Waals surface area contributed by atoms with E-state index in [1.54, 1.807) is 5.48 Å². The summed E-state index contributed by atoms with van der Waals surface area (Å²) in [6.45, 7) is 0.492. The minimum atomic E-state index is -0.674. The minimum absolute atomic E-state index is 0.161. The molecule has 36 heavy (non-hydrogen) atoms. The standard InChI is InChI=1S/C29H35N3O4/c33-27(17-6-1-2-7-18-28(34)32-36)31-26(29(35)30-20-19-22-11-4-3-5-12-22)21-24-15-10-14-23-13-8-9-16-25(23)24/h3-5,8-16,26,36H,1-2,6-7,17-21H2,(H,30,35)(H,31,33)(H,32,34)/t26-/m0/s1. The summed E-state index contributed by atoms with van der Waals surface area (Å²) in [5.41, 5.74) is 3.78. The zero-order valence-corrected chi connectivity index (χ0v) is 20.5. The highest BCUT2D eigenvalue weighted by Crippen LogP contribution is 2.20. The van der Waals surface area contributed by atoms with Crippen LogP contribution in [0.3, 0.4) is 0 Å². The fourth-order valence-electron chi connectivity index (χ4n) is 4.24. The molecule has 3 aromatic carbocycles. The molecule has 0 aliphatic rings. The lowest BCUT2D eigenvalue weighted by Gasteiger charge is -2.20. The fraction of sp³-hybridized carbons (Fsp3) is 0.345. The average Bonchev–Trinajstić information content (AvgIpc) is 2.90. The van der Waals surface area contributed by atoms with Gasteiger partial charge in [0, 0.05) is 25.8 Å². The van der Waals surface area contributed by atoms with Crippen LogP contribution in [0.4, 0.5) is 0 Å². The molecule has 3 rings (SSSR count). The molecule has 4 N–H and O–H groups in total. The van der Waals surface area contributed by atoms with Crippen molar-refractivity contribution < 1.29 is 19.6 Å². The summed E-state index contributed by atoms with van der Waals surface area (Å²) in [5.74, 6) is -0.754. The maximum absolute atomic E-state index is 13.1. The van der Waals surface area contributed by atoms with Crippen molar-refractivity contribution in [3.05, 3.63) is 83.9 Å². The normalized spacial score (nSPS) is 11.6. The number of fused-ring (bicyclic) bond motifs is 1. The number of nitrogens with one attached hydrogen (secondary N) is 3. The van der Waals surface area contributed by atoms with Crippen LogP contribution in [0.1, 0.15) is 49.7 Å². The van der Waals surface area contributed by atoms with E-state index >= 15 is 0 Å². The molecule has 0 aliphatic carbocycles. The lowest BCUT2D eigenvalue weighted by atomic mass is 9.98. The molecule has 3 aromatic rings. The van der Waals surface area contributed by atoms with Gasteiger partial charge in [-0.05, 0) is 41.2 Å². The second kappa shape index (κ2) is 14.6. The highest BCUT2D eigenvalue weighted by atomic mass is 16.5. The second-order valence-corrected chi connectivity index (χ2v) is 8.94. The Kier molecular flexibility index (Phi) is 10.9. The van der Waals surface area contributed by atoms with Crippen LogP contribution < -0.4 is 16.1 Å². The van der Waals surface area contributed by atoms with Gasteiger partial charge in [-0.2, -0.15) is 0 Å². The summed E-state index contributed by atoms with van der Waals surface area (Å²) in [4.78, 5) is 36.9. The molecule has 0 saturated heterocycles. The van der Waals surface area contributed by atoms with Gasteiger partial charge in [0.1, 0.15) is 6.04 Å². The Labute approximate surface area is 212 Å². The van der Waals surface area contributed by atoms with E-state index in [0.717, 1.165) is 41.2 Å². The Morgan fingerprint density at radius 3 is 2.17 bits per heavy atom. The first-order valence-electron chi connectivity index (χ1n) is 12.6. The molecule has 0 bridgehead atoms. The van der Waals surface area contributed by atoms with E-state index < -0.39 is 11.9 Å². The van der Waals surface area contributed by atoms with Crippen molar-refractivity contribution in [2.24, 2.45) is 0 Å². The van der Waals surface area contributed by atoms with Crippen molar-refractivity contribution in [2.75, 3.05) is 6.54 Å². The largest absolute Gasteiger partial charge is 0.354 e. The van der Waals surface area contributed by atoms with Crippen LogP contribution in [0.2, 0.25) is 0 Å². The third kappa shape index (κ3) is 8.82. The van der Waals surface area contributed by atoms with Crippen molar-refractivity contribution in [3.63, 3.8) is 0 Å². The van der Waals surface area contributed by atoms with Gasteiger partial charge in [-0.3, -0.25) is 19.6 Å². The molecule has 7 nitrogen and oxygen atoms in total. The Balaban J connectivity index is 1.57. The van der Waals surface area contributed by atoms with Gasteiger partial charge in [-0.25, -0.2) is 5.48 Å². The number of hydrogen-bond acceptors (Lipinski definition) is 4. The van der Waals surface area contributed by atoms with E-state index in [1.807, 2.05) is 72.8 Å². The van der Waals surface area contributed by atoms with Crippen LogP contribution in [-0.4, -0.2) is 35.5 Å². The van der Waals surface area contributed by atoms with Crippen LogP contribution in [0.15, 0.2) is 72.8 Å². The third-order valence-corrected chi connectivity index (χ3v) is 6.19. The smallest absolute Gasteiger partial charge is 0.243 e. The van der Waals surface area contributed by atoms with Crippen molar-refractivity contribution in [2.45, 2.75) is 57.4 Å². The van der Waals surface area contributed by atoms with Gasteiger partial charge < -0.3 is 10.6 Å². The summed E-state index contributed by atoms with van der Waals surface area (Å²) in [6, 6.07) is 23.3. The molecule has 190 valence electrons. The van der Waals surface area contributed by atoms with Gasteiger partial charge in [0.15, 0.2) is 0 Å². The predicted octanol–water partition coefficient (Wildman–Crippen LogP) is 4.07. The number of hydroxylamine groups is 1. The van der Waals surface area contributed by atoms with Crippen molar-refractivity contribution in [1.82, 2.24) is 16.1 Å². The number of rotatable bonds is 14. The molecule has 0 heterocycles. The van der Waals surface area contributed by atoms with E-state index in [-0.39, 0.29) is 18.2 Å². The summed E-state index contributed by atoms with van der Waals surface area (Å²) in [5, 5.41) is 16.6. The molecule has 0 spiro atoms. The lowest BCUT2D eigenvalue weighted by Crippen LogP contribution is -2.48. The number of carbonyl (C=O) groups is 3. The van der Waals surface area contributed by atoms with Crippen LogP contribution in [0.25, 0.3) is 10.8 Å². The Bertz CT molecular complexity index is 1130. The number of hydrogen-bond donors (Lipinski definition) is 4. The molecule has 0 unspecified atom stereocenters. The SMILES string of the molecule is O=C(CCCCCCC(=O)N[C@@H](Cc1cccc2ccccc12)C(=O)NCCc1ccccc1)NO. The fourth-order valence-corrected chi connectivity index (χ4v) is 4.24. The van der Waals surface area contributed by atoms with Crippen molar-refractivity contribution in [1.29, 1.82) is 0 Å². The average molecular weight is 490 g/mol. The summed E-state index contributed by atoms with van der Waals surface area (Å²) >= 11 is 0. The second-order valence-electron chi connectivity index (χ2n) is 8.94. The Morgan fingerprint density at radius 1 is 0.750 bits per heavy atom. The molecular weight excluding hydrogens is 454 g/mol. The summed E-state index contributed by atoms with van der Waals surface area (Å²) < 4.78 is 0. The number of benzene rings is 3. The van der Waals surface area contributed by atoms with Gasteiger partial charge in [0.25, 0.3) is 0 Å². The highest BCUT2D eigenvalue weighted by molar-refractivity contribution is 5.90. The van der Waals surface area contributed by atoms with E-state index in [2.05, 4.69) is 10.6 Å². The molecule has 0 aromatic heterocycles. The van der Waals surface area contributed by atoms with E-state index in [9.17, 15) is 14.4 Å². The maximum atomic E-state index is 13.1. The molecule has 0 saturated carbocycles. The van der Waals surface area contributed by atoms with Crippen LogP contribution in [-0.2, 0) is 27.2 Å². The van der Waals surface area contributed by atoms with Crippen LogP contribution >= 0.6 is 0 Å². The summed E-state index contributed by atoms with van der Waals surface area (Å²) in [7, 11) is 0. The zero-order valence-electron chi connectivity index (χ0n) is 20.5. The van der Waals surface area contributed by atoms with Crippen molar-refractivity contribution in [3.8, 4) is 0 Å². The number of unbranched alkanes of at least 4 members (excludes halogenated alkanes) is 3. The molecule has 7 heteroatoms. The summed E-state index contributed by atoms with van der Waals surface area (Å²) in [6.07, 6.45) is 4.61. The molecule has 0 aliphatic heterocycles. The van der Waals surface area contributed by atoms with Crippen LogP contribution in [0.5, 0.6) is 0 Å². The molecule has 3 amide bonds. The van der Waals surface area contributed by atoms with E-state index in [4.69, 9.17) is 5.21 Å². The zero-order chi connectivity index (χ0) is 25.6. The molecular formula is C29H35N3O4. The minimum Gasteiger partial charge on any atom is -0.354 e. The van der Waals surface area contributed by atoms with Gasteiger partial charge in [0.05, 0.1) is 0 Å². The quantitative estimate of drug-likeness (QED) is 0.156. The lowest BCUT2D eigenvalue weighted by molar-refractivity contribution is -0.129. The first-order chi connectivity index (χ1) is 17.6. The molecule has 1 atom stereocenters. The first kappa shape index (κ1) is 26.9. The topological polar surface area (TPSA) is 108 Å². The van der Waals surface area contributed by atoms with E-state index in [1.165, 1.54) is 0 Å². The van der Waals surface area contributed by atoms with E-state index in [0.29, 0.717) is 32.2 Å². The number of amides is 3. The Morgan fingerprint density at radius 2 is 1.42 bits per heavy atom. The molecule has 0 fully saturated rings. The van der Waals surface area contributed by atoms with Crippen LogP contribution in [0, 0.1) is 0 Å². The van der Waals surface area contributed by atoms with Crippen molar-refractivity contribution >= 4 is 28.5 Å². The maximum Gasteiger partial charge on any atom is 0.243 e. The third-order valence-electron chi connectivity index (χ3n) is 6.19. The van der Waals surface area contributed by atoms with Gasteiger partial charge in [0.2, 0.25) is 17.7 Å². The van der Waals surface area contributed by atoms with Gasteiger partial charge >= 0.3 is 0 Å². The molecule has 0 radical (unpaired) electrons. The van der Waals surface area contributed by atoms with Gasteiger partial charge in [-0.15, -0.1) is 0 Å². The highest BCUT2D eigenvalue weighted by Gasteiger charge is 2.21. The van der Waals surface area contributed by atoms with Gasteiger partial charge in [-0.1, -0.05) is 85.6 Å². The monoisotopic (exact) mass is 489 g/mol. The predicted molar refractivity (Wildman–Crippen MR) is 140 cm³/mol.